The summed E-state index contributed by atoms with van der Waals surface area (Å²) < 4.78 is 44.7. The Labute approximate surface area is 172 Å². The van der Waals surface area contributed by atoms with E-state index in [9.17, 15) is 23.1 Å². The number of pyridine rings is 2. The Kier molecular flexibility index (Phi) is 4.07. The number of oxazole rings is 1. The number of aryl methyl sites for hydroxylation is 1. The normalized spacial score (nSPS) is 13.7. The van der Waals surface area contributed by atoms with Gasteiger partial charge in [0.1, 0.15) is 5.75 Å². The molecule has 0 spiro atoms. The molecule has 5 rings (SSSR count). The van der Waals surface area contributed by atoms with Gasteiger partial charge < -0.3 is 19.4 Å². The van der Waals surface area contributed by atoms with E-state index in [1.165, 1.54) is 13.0 Å². The zero-order valence-electron chi connectivity index (χ0n) is 16.1. The predicted molar refractivity (Wildman–Crippen MR) is 106 cm³/mol. The number of hydrogen-bond donors (Lipinski definition) is 2. The van der Waals surface area contributed by atoms with E-state index in [1.54, 1.807) is 18.2 Å². The Bertz CT molecular complexity index is 1370. The summed E-state index contributed by atoms with van der Waals surface area (Å²) in [4.78, 5) is 24.9. The minimum absolute atomic E-state index is 0.184. The molecule has 0 saturated heterocycles. The van der Waals surface area contributed by atoms with Crippen LogP contribution in [0.5, 0.6) is 5.75 Å². The lowest BCUT2D eigenvalue weighted by Crippen LogP contribution is -2.15. The number of anilines is 1. The highest BCUT2D eigenvalue weighted by Gasteiger charge is 2.32. The lowest BCUT2D eigenvalue weighted by Gasteiger charge is -2.13. The third-order valence-electron chi connectivity index (χ3n) is 5.22. The van der Waals surface area contributed by atoms with Crippen molar-refractivity contribution in [3.63, 3.8) is 0 Å². The van der Waals surface area contributed by atoms with E-state index in [2.05, 4.69) is 15.0 Å². The predicted octanol–water partition coefficient (Wildman–Crippen LogP) is 4.13. The summed E-state index contributed by atoms with van der Waals surface area (Å²) in [5, 5.41) is 10.2. The van der Waals surface area contributed by atoms with Crippen LogP contribution in [-0.4, -0.2) is 20.1 Å². The van der Waals surface area contributed by atoms with Crippen LogP contribution < -0.4 is 10.5 Å². The number of nitrogens with one attached hydrogen (secondary N) is 1. The maximum atomic E-state index is 13.0. The maximum absolute atomic E-state index is 13.0. The monoisotopic (exact) mass is 428 g/mol. The van der Waals surface area contributed by atoms with Gasteiger partial charge in [-0.1, -0.05) is 0 Å². The van der Waals surface area contributed by atoms with Gasteiger partial charge in [0.05, 0.1) is 17.8 Å². The highest BCUT2D eigenvalue weighted by atomic mass is 19.4. The molecule has 0 unspecified atom stereocenters. The Morgan fingerprint density at radius 2 is 1.94 bits per heavy atom. The molecule has 0 fully saturated rings. The maximum Gasteiger partial charge on any atom is 0.416 e. The van der Waals surface area contributed by atoms with Gasteiger partial charge in [-0.3, -0.25) is 4.79 Å². The van der Waals surface area contributed by atoms with E-state index in [4.69, 9.17) is 4.42 Å². The van der Waals surface area contributed by atoms with Gasteiger partial charge in [-0.15, -0.1) is 0 Å². The smallest absolute Gasteiger partial charge is 0.416 e. The minimum atomic E-state index is -4.56. The van der Waals surface area contributed by atoms with E-state index in [1.807, 2.05) is 4.90 Å². The first kappa shape index (κ1) is 19.2. The largest absolute Gasteiger partial charge is 0.507 e. The van der Waals surface area contributed by atoms with Crippen molar-refractivity contribution in [1.29, 1.82) is 0 Å². The topological polar surface area (TPSA) is 95.2 Å². The van der Waals surface area contributed by atoms with Crippen molar-refractivity contribution in [2.45, 2.75) is 26.2 Å². The molecule has 4 aromatic rings. The highest BCUT2D eigenvalue weighted by Crippen LogP contribution is 2.39. The molecule has 0 bridgehead atoms. The molecule has 1 aliphatic heterocycles. The van der Waals surface area contributed by atoms with Crippen LogP contribution in [0.2, 0.25) is 0 Å². The van der Waals surface area contributed by atoms with Gasteiger partial charge in [-0.05, 0) is 48.4 Å². The number of phenols is 1. The molecular weight excluding hydrogens is 413 g/mol. The van der Waals surface area contributed by atoms with E-state index >= 15 is 0 Å². The zero-order valence-corrected chi connectivity index (χ0v) is 16.1. The van der Waals surface area contributed by atoms with Crippen LogP contribution in [0.4, 0.5) is 19.2 Å². The van der Waals surface area contributed by atoms with Crippen LogP contribution in [0.25, 0.3) is 22.5 Å². The molecule has 0 aliphatic carbocycles. The van der Waals surface area contributed by atoms with Crippen molar-refractivity contribution in [3.8, 4) is 17.0 Å². The summed E-state index contributed by atoms with van der Waals surface area (Å²) in [6, 6.07) is 8.34. The summed E-state index contributed by atoms with van der Waals surface area (Å²) in [6.45, 7) is 2.40. The van der Waals surface area contributed by atoms with Crippen LogP contribution in [-0.2, 0) is 19.3 Å². The van der Waals surface area contributed by atoms with Gasteiger partial charge >= 0.3 is 12.2 Å². The van der Waals surface area contributed by atoms with Crippen LogP contribution in [0.1, 0.15) is 22.4 Å². The molecule has 1 aliphatic rings. The number of aromatic amines is 1. The number of phenolic OH excluding ortho intramolecular Hbond substituents is 1. The van der Waals surface area contributed by atoms with Gasteiger partial charge in [0, 0.05) is 23.9 Å². The average molecular weight is 428 g/mol. The summed E-state index contributed by atoms with van der Waals surface area (Å²) in [5.41, 5.74) is 2.01. The van der Waals surface area contributed by atoms with E-state index in [-0.39, 0.29) is 28.0 Å². The number of fused-ring (bicyclic) bond motifs is 2. The second kappa shape index (κ2) is 6.59. The minimum Gasteiger partial charge on any atom is -0.507 e. The molecule has 1 aromatic carbocycles. The summed E-state index contributed by atoms with van der Waals surface area (Å²) in [7, 11) is 0. The number of rotatable bonds is 2. The van der Waals surface area contributed by atoms with Crippen LogP contribution in [0.3, 0.4) is 0 Å². The first-order valence-corrected chi connectivity index (χ1v) is 9.34. The third kappa shape index (κ3) is 3.29. The van der Waals surface area contributed by atoms with Gasteiger partial charge in [-0.25, -0.2) is 4.98 Å². The highest BCUT2D eigenvalue weighted by molar-refractivity contribution is 5.78. The van der Waals surface area contributed by atoms with Crippen LogP contribution in [0, 0.1) is 6.92 Å². The first-order valence-electron chi connectivity index (χ1n) is 9.34. The summed E-state index contributed by atoms with van der Waals surface area (Å²) >= 11 is 0. The van der Waals surface area contributed by atoms with Crippen molar-refractivity contribution < 1.29 is 22.7 Å². The fraction of sp³-hybridized carbons (Fsp3) is 0.190. The Morgan fingerprint density at radius 1 is 1.13 bits per heavy atom. The zero-order chi connectivity index (χ0) is 21.9. The fourth-order valence-corrected chi connectivity index (χ4v) is 3.77. The summed E-state index contributed by atoms with van der Waals surface area (Å²) in [5.74, 6) is -0.512. The second-order valence-electron chi connectivity index (χ2n) is 7.38. The molecule has 0 amide bonds. The van der Waals surface area contributed by atoms with Crippen molar-refractivity contribution >= 4 is 17.2 Å². The van der Waals surface area contributed by atoms with Crippen molar-refractivity contribution in [2.75, 3.05) is 4.90 Å². The number of benzene rings is 1. The lowest BCUT2D eigenvalue weighted by molar-refractivity contribution is -0.137. The molecular formula is C21H15F3N4O3. The van der Waals surface area contributed by atoms with Crippen LogP contribution >= 0.6 is 0 Å². The molecule has 0 saturated carbocycles. The van der Waals surface area contributed by atoms with Gasteiger partial charge in [-0.2, -0.15) is 18.2 Å². The number of nitrogens with zero attached hydrogens (tertiary/aromatic N) is 3. The number of aromatic nitrogens is 3. The molecule has 158 valence electrons. The average Bonchev–Trinajstić information content (AvgIpc) is 3.29. The molecule has 0 atom stereocenters. The number of halogens is 3. The van der Waals surface area contributed by atoms with Crippen LogP contribution in [0.15, 0.2) is 45.6 Å². The van der Waals surface area contributed by atoms with E-state index in [0.29, 0.717) is 30.8 Å². The molecule has 0 radical (unpaired) electrons. The number of aromatic hydroxyl groups is 1. The molecule has 7 nitrogen and oxygen atoms in total. The Hall–Kier alpha value is -3.82. The van der Waals surface area contributed by atoms with Crippen molar-refractivity contribution in [2.24, 2.45) is 0 Å². The SMILES string of the molecule is Cc1cc(C(F)(F)F)cc(O)c1-c1ccc2oc(N3Cc4ccc(=O)[nH]c4C3)nc2n1. The third-order valence-corrected chi connectivity index (χ3v) is 5.22. The van der Waals surface area contributed by atoms with Gasteiger partial charge in [0.15, 0.2) is 5.58 Å². The van der Waals surface area contributed by atoms with E-state index in [0.717, 1.165) is 17.3 Å². The van der Waals surface area contributed by atoms with Gasteiger partial charge in [0.2, 0.25) is 11.2 Å². The second-order valence-corrected chi connectivity index (χ2v) is 7.38. The molecule has 4 heterocycles. The number of H-pyrrole nitrogens is 1. The Balaban J connectivity index is 1.51. The lowest BCUT2D eigenvalue weighted by atomic mass is 10.0. The standard InChI is InChI=1S/C21H15F3N4O3/c1-10-6-12(21(22,23)24)7-15(29)18(10)13-3-4-16-19(26-13)27-20(31-16)28-8-11-2-5-17(30)25-14(11)9-28/h2-7,29H,8-9H2,1H3,(H,25,30). The van der Waals surface area contributed by atoms with Crippen molar-refractivity contribution in [1.82, 2.24) is 15.0 Å². The molecule has 2 N–H and O–H groups in total. The number of alkyl halides is 3. The fourth-order valence-electron chi connectivity index (χ4n) is 3.77. The molecule has 10 heteroatoms. The van der Waals surface area contributed by atoms with Gasteiger partial charge in [0.25, 0.3) is 0 Å². The number of hydrogen-bond acceptors (Lipinski definition) is 6. The quantitative estimate of drug-likeness (QED) is 0.499. The molecule has 3 aromatic heterocycles. The van der Waals surface area contributed by atoms with Crippen molar-refractivity contribution in [3.05, 3.63) is 69.1 Å². The summed E-state index contributed by atoms with van der Waals surface area (Å²) in [6.07, 6.45) is -4.56. The Morgan fingerprint density at radius 3 is 2.68 bits per heavy atom. The van der Waals surface area contributed by atoms with E-state index < -0.39 is 17.5 Å². The molecule has 31 heavy (non-hydrogen) atoms. The first-order chi connectivity index (χ1) is 14.7.